The van der Waals surface area contributed by atoms with Gasteiger partial charge in [0.2, 0.25) is 0 Å². The summed E-state index contributed by atoms with van der Waals surface area (Å²) in [5.74, 6) is -0.766. The second kappa shape index (κ2) is 5.52. The highest BCUT2D eigenvalue weighted by atomic mass is 19.1. The molecule has 2 aromatic rings. The first-order valence-electron chi connectivity index (χ1n) is 6.81. The van der Waals surface area contributed by atoms with Gasteiger partial charge in [-0.3, -0.25) is 14.6 Å². The van der Waals surface area contributed by atoms with Crippen molar-refractivity contribution < 1.29 is 14.0 Å². The predicted octanol–water partition coefficient (Wildman–Crippen LogP) is 3.76. The molecular formula is C17H13FN2O2. The third-order valence-corrected chi connectivity index (χ3v) is 3.39. The van der Waals surface area contributed by atoms with Gasteiger partial charge in [-0.2, -0.15) is 0 Å². The van der Waals surface area contributed by atoms with Crippen molar-refractivity contribution >= 4 is 28.8 Å². The fourth-order valence-electron chi connectivity index (χ4n) is 2.31. The Morgan fingerprint density at radius 3 is 2.64 bits per heavy atom. The van der Waals surface area contributed by atoms with E-state index in [1.54, 1.807) is 25.1 Å². The molecule has 0 atom stereocenters. The number of ketones is 1. The van der Waals surface area contributed by atoms with E-state index >= 15 is 0 Å². The minimum Gasteiger partial charge on any atom is -0.322 e. The molecule has 0 spiro atoms. The standard InChI is InChI=1S/C17H13FN2O2/c1-10-8-16(21)14-9-11(2-7-15(14)19-10)17(22)20-13-5-3-12(18)4-6-13/h2-7,9H,8H2,1H3,(H,20,22). The van der Waals surface area contributed by atoms with Crippen molar-refractivity contribution in [3.05, 3.63) is 59.4 Å². The van der Waals surface area contributed by atoms with Crippen molar-refractivity contribution in [1.82, 2.24) is 0 Å². The highest BCUT2D eigenvalue weighted by Gasteiger charge is 2.19. The molecule has 110 valence electrons. The normalized spacial score (nSPS) is 13.4. The van der Waals surface area contributed by atoms with Crippen LogP contribution in [0.1, 0.15) is 34.1 Å². The van der Waals surface area contributed by atoms with E-state index in [0.29, 0.717) is 22.5 Å². The summed E-state index contributed by atoms with van der Waals surface area (Å²) in [6.45, 7) is 1.80. The number of amides is 1. The third-order valence-electron chi connectivity index (χ3n) is 3.39. The Hall–Kier alpha value is -2.82. The molecule has 0 aromatic heterocycles. The molecule has 1 aliphatic heterocycles. The van der Waals surface area contributed by atoms with Crippen LogP contribution in [0.3, 0.4) is 0 Å². The van der Waals surface area contributed by atoms with Crippen LogP contribution < -0.4 is 5.32 Å². The lowest BCUT2D eigenvalue weighted by atomic mass is 9.98. The van der Waals surface area contributed by atoms with Crippen LogP contribution in [-0.2, 0) is 0 Å². The number of hydrogen-bond acceptors (Lipinski definition) is 3. The van der Waals surface area contributed by atoms with Crippen molar-refractivity contribution in [2.75, 3.05) is 5.32 Å². The first-order chi connectivity index (χ1) is 10.5. The molecule has 0 saturated carbocycles. The second-order valence-electron chi connectivity index (χ2n) is 5.14. The van der Waals surface area contributed by atoms with E-state index in [2.05, 4.69) is 10.3 Å². The topological polar surface area (TPSA) is 58.5 Å². The molecule has 2 aromatic carbocycles. The van der Waals surface area contributed by atoms with E-state index in [1.165, 1.54) is 24.3 Å². The largest absolute Gasteiger partial charge is 0.322 e. The van der Waals surface area contributed by atoms with Crippen LogP contribution in [0, 0.1) is 5.82 Å². The first-order valence-corrected chi connectivity index (χ1v) is 6.81. The van der Waals surface area contributed by atoms with E-state index in [1.807, 2.05) is 0 Å². The molecule has 0 saturated heterocycles. The van der Waals surface area contributed by atoms with Crippen molar-refractivity contribution in [3.8, 4) is 0 Å². The molecule has 0 aliphatic carbocycles. The van der Waals surface area contributed by atoms with Crippen LogP contribution in [0.25, 0.3) is 0 Å². The van der Waals surface area contributed by atoms with Crippen LogP contribution in [0.4, 0.5) is 15.8 Å². The quantitative estimate of drug-likeness (QED) is 0.917. The van der Waals surface area contributed by atoms with Crippen LogP contribution in [0.5, 0.6) is 0 Å². The number of rotatable bonds is 2. The van der Waals surface area contributed by atoms with Gasteiger partial charge in [-0.25, -0.2) is 4.39 Å². The van der Waals surface area contributed by atoms with Crippen molar-refractivity contribution in [3.63, 3.8) is 0 Å². The number of nitrogens with zero attached hydrogens (tertiary/aromatic N) is 1. The number of fused-ring (bicyclic) bond motifs is 1. The summed E-state index contributed by atoms with van der Waals surface area (Å²) in [5, 5.41) is 2.66. The first kappa shape index (κ1) is 14.1. The molecule has 1 aliphatic rings. The zero-order valence-electron chi connectivity index (χ0n) is 11.9. The molecule has 22 heavy (non-hydrogen) atoms. The summed E-state index contributed by atoms with van der Waals surface area (Å²) in [5.41, 5.74) is 2.67. The molecule has 4 nitrogen and oxygen atoms in total. The third kappa shape index (κ3) is 2.79. The molecule has 3 rings (SSSR count). The molecule has 0 unspecified atom stereocenters. The maximum Gasteiger partial charge on any atom is 0.255 e. The van der Waals surface area contributed by atoms with Crippen LogP contribution in [0.2, 0.25) is 0 Å². The average molecular weight is 296 g/mol. The molecule has 0 radical (unpaired) electrons. The SMILES string of the molecule is CC1=Nc2ccc(C(=O)Nc3ccc(F)cc3)cc2C(=O)C1. The monoisotopic (exact) mass is 296 g/mol. The van der Waals surface area contributed by atoms with Gasteiger partial charge in [0.15, 0.2) is 5.78 Å². The highest BCUT2D eigenvalue weighted by Crippen LogP contribution is 2.27. The fraction of sp³-hybridized carbons (Fsp3) is 0.118. The summed E-state index contributed by atoms with van der Waals surface area (Å²) >= 11 is 0. The summed E-state index contributed by atoms with van der Waals surface area (Å²) in [7, 11) is 0. The van der Waals surface area contributed by atoms with Gasteiger partial charge in [-0.1, -0.05) is 0 Å². The minimum atomic E-state index is -0.370. The van der Waals surface area contributed by atoms with Crippen molar-refractivity contribution in [2.24, 2.45) is 4.99 Å². The minimum absolute atomic E-state index is 0.0427. The van der Waals surface area contributed by atoms with Crippen LogP contribution in [0.15, 0.2) is 47.5 Å². The number of halogens is 1. The van der Waals surface area contributed by atoms with E-state index in [-0.39, 0.29) is 23.9 Å². The summed E-state index contributed by atoms with van der Waals surface area (Å²) in [6.07, 6.45) is 0.274. The second-order valence-corrected chi connectivity index (χ2v) is 5.14. The molecular weight excluding hydrogens is 283 g/mol. The number of Topliss-reactive ketones (excluding diaryl/α,β-unsaturated/α-hetero) is 1. The smallest absolute Gasteiger partial charge is 0.255 e. The Kier molecular flexibility index (Phi) is 3.55. The van der Waals surface area contributed by atoms with E-state index < -0.39 is 0 Å². The van der Waals surface area contributed by atoms with Gasteiger partial charge in [-0.15, -0.1) is 0 Å². The van der Waals surface area contributed by atoms with Crippen LogP contribution >= 0.6 is 0 Å². The Bertz CT molecular complexity index is 795. The van der Waals surface area contributed by atoms with E-state index in [9.17, 15) is 14.0 Å². The van der Waals surface area contributed by atoms with Gasteiger partial charge in [0.1, 0.15) is 5.82 Å². The molecule has 1 heterocycles. The summed E-state index contributed by atoms with van der Waals surface area (Å²) < 4.78 is 12.8. The average Bonchev–Trinajstić information content (AvgIpc) is 2.49. The van der Waals surface area contributed by atoms with Gasteiger partial charge in [0.05, 0.1) is 5.69 Å². The zero-order valence-corrected chi connectivity index (χ0v) is 11.9. The number of benzene rings is 2. The fourth-order valence-corrected chi connectivity index (χ4v) is 2.31. The van der Waals surface area contributed by atoms with Crippen molar-refractivity contribution in [2.45, 2.75) is 13.3 Å². The molecule has 1 N–H and O–H groups in total. The Labute approximate surface area is 126 Å². The van der Waals surface area contributed by atoms with Gasteiger partial charge in [0.25, 0.3) is 5.91 Å². The van der Waals surface area contributed by atoms with Gasteiger partial charge >= 0.3 is 0 Å². The van der Waals surface area contributed by atoms with E-state index in [0.717, 1.165) is 5.71 Å². The maximum absolute atomic E-state index is 12.8. The lowest BCUT2D eigenvalue weighted by Crippen LogP contribution is -2.15. The molecule has 5 heteroatoms. The maximum atomic E-state index is 12.8. The van der Waals surface area contributed by atoms with Crippen molar-refractivity contribution in [1.29, 1.82) is 0 Å². The lowest BCUT2D eigenvalue weighted by molar-refractivity contribution is 0.0999. The number of nitrogens with one attached hydrogen (secondary N) is 1. The molecule has 1 amide bonds. The number of carbonyl (C=O) groups is 2. The Balaban J connectivity index is 1.86. The number of carbonyl (C=O) groups excluding carboxylic acids is 2. The summed E-state index contributed by atoms with van der Waals surface area (Å²) in [4.78, 5) is 28.5. The zero-order chi connectivity index (χ0) is 15.7. The number of aliphatic imine (C=N–C) groups is 1. The number of anilines is 1. The summed E-state index contributed by atoms with van der Waals surface area (Å²) in [6, 6.07) is 10.3. The van der Waals surface area contributed by atoms with Gasteiger partial charge < -0.3 is 5.32 Å². The molecule has 0 bridgehead atoms. The van der Waals surface area contributed by atoms with Gasteiger partial charge in [0, 0.05) is 28.9 Å². The Morgan fingerprint density at radius 2 is 1.91 bits per heavy atom. The van der Waals surface area contributed by atoms with Gasteiger partial charge in [-0.05, 0) is 49.4 Å². The Morgan fingerprint density at radius 1 is 1.18 bits per heavy atom. The highest BCUT2D eigenvalue weighted by molar-refractivity contribution is 6.16. The van der Waals surface area contributed by atoms with E-state index in [4.69, 9.17) is 0 Å². The lowest BCUT2D eigenvalue weighted by Gasteiger charge is -2.13. The number of hydrogen-bond donors (Lipinski definition) is 1. The molecule has 0 fully saturated rings. The van der Waals surface area contributed by atoms with Crippen LogP contribution in [-0.4, -0.2) is 17.4 Å². The predicted molar refractivity (Wildman–Crippen MR) is 82.5 cm³/mol.